The van der Waals surface area contributed by atoms with Crippen LogP contribution in [0.15, 0.2) is 48.5 Å². The van der Waals surface area contributed by atoms with Crippen molar-refractivity contribution in [3.63, 3.8) is 0 Å². The maximum absolute atomic E-state index is 12.3. The maximum atomic E-state index is 12.3. The average molecular weight is 351 g/mol. The zero-order valence-electron chi connectivity index (χ0n) is 15.1. The van der Waals surface area contributed by atoms with E-state index in [1.54, 1.807) is 0 Å². The standard InChI is InChI=1S/C21H25N3O2/c1-15-4-10-18(11-5-15)20(22)21(26)23-13-16-6-8-17(9-7-16)14-24-12-2-3-19(24)25/h4-11,20H,2-3,12-14,22H2,1H3,(H,23,26). The first-order valence-electron chi connectivity index (χ1n) is 8.98. The Morgan fingerprint density at radius 1 is 1.12 bits per heavy atom. The molecule has 1 fully saturated rings. The van der Waals surface area contributed by atoms with Crippen molar-refractivity contribution in [3.05, 3.63) is 70.8 Å². The monoisotopic (exact) mass is 351 g/mol. The molecule has 136 valence electrons. The molecule has 1 aliphatic heterocycles. The number of hydrogen-bond acceptors (Lipinski definition) is 3. The minimum Gasteiger partial charge on any atom is -0.350 e. The van der Waals surface area contributed by atoms with Crippen LogP contribution in [0.1, 0.15) is 41.1 Å². The molecule has 0 aromatic heterocycles. The van der Waals surface area contributed by atoms with E-state index in [0.717, 1.165) is 35.2 Å². The summed E-state index contributed by atoms with van der Waals surface area (Å²) in [5.41, 5.74) is 10.1. The molecule has 1 heterocycles. The minimum atomic E-state index is -0.670. The third-order valence-electron chi connectivity index (χ3n) is 4.75. The predicted octanol–water partition coefficient (Wildman–Crippen LogP) is 2.43. The van der Waals surface area contributed by atoms with Gasteiger partial charge in [0.25, 0.3) is 0 Å². The fourth-order valence-electron chi connectivity index (χ4n) is 3.08. The van der Waals surface area contributed by atoms with E-state index < -0.39 is 6.04 Å². The van der Waals surface area contributed by atoms with Crippen molar-refractivity contribution >= 4 is 11.8 Å². The first kappa shape index (κ1) is 18.1. The van der Waals surface area contributed by atoms with E-state index in [-0.39, 0.29) is 11.8 Å². The highest BCUT2D eigenvalue weighted by molar-refractivity contribution is 5.82. The summed E-state index contributed by atoms with van der Waals surface area (Å²) in [5, 5.41) is 2.88. The lowest BCUT2D eigenvalue weighted by molar-refractivity contribution is -0.128. The fourth-order valence-corrected chi connectivity index (χ4v) is 3.08. The first-order valence-corrected chi connectivity index (χ1v) is 8.98. The normalized spacial score (nSPS) is 15.2. The van der Waals surface area contributed by atoms with Gasteiger partial charge in [0.2, 0.25) is 11.8 Å². The maximum Gasteiger partial charge on any atom is 0.241 e. The van der Waals surface area contributed by atoms with Gasteiger partial charge in [0.15, 0.2) is 0 Å². The van der Waals surface area contributed by atoms with Crippen LogP contribution in [0.2, 0.25) is 0 Å². The minimum absolute atomic E-state index is 0.194. The molecule has 2 aromatic rings. The number of carbonyl (C=O) groups is 2. The van der Waals surface area contributed by atoms with Crippen molar-refractivity contribution in [2.24, 2.45) is 5.73 Å². The molecule has 0 spiro atoms. The summed E-state index contributed by atoms with van der Waals surface area (Å²) in [6, 6.07) is 15.0. The molecule has 26 heavy (non-hydrogen) atoms. The van der Waals surface area contributed by atoms with Crippen LogP contribution in [0.25, 0.3) is 0 Å². The quantitative estimate of drug-likeness (QED) is 0.839. The summed E-state index contributed by atoms with van der Waals surface area (Å²) in [6.45, 7) is 3.93. The Morgan fingerprint density at radius 3 is 2.38 bits per heavy atom. The Kier molecular flexibility index (Phi) is 5.68. The van der Waals surface area contributed by atoms with Crippen LogP contribution in [0.4, 0.5) is 0 Å². The largest absolute Gasteiger partial charge is 0.350 e. The number of aryl methyl sites for hydroxylation is 1. The Hall–Kier alpha value is -2.66. The Labute approximate surface area is 154 Å². The Bertz CT molecular complexity index is 769. The van der Waals surface area contributed by atoms with Gasteiger partial charge in [0, 0.05) is 26.1 Å². The van der Waals surface area contributed by atoms with Crippen molar-refractivity contribution in [2.75, 3.05) is 6.54 Å². The van der Waals surface area contributed by atoms with E-state index in [9.17, 15) is 9.59 Å². The molecular weight excluding hydrogens is 326 g/mol. The van der Waals surface area contributed by atoms with Gasteiger partial charge in [-0.25, -0.2) is 0 Å². The van der Waals surface area contributed by atoms with Gasteiger partial charge in [0.1, 0.15) is 6.04 Å². The fraction of sp³-hybridized carbons (Fsp3) is 0.333. The molecule has 0 aliphatic carbocycles. The van der Waals surface area contributed by atoms with Crippen LogP contribution in [0.3, 0.4) is 0 Å². The molecule has 0 saturated carbocycles. The van der Waals surface area contributed by atoms with Crippen LogP contribution < -0.4 is 11.1 Å². The van der Waals surface area contributed by atoms with Gasteiger partial charge in [0.05, 0.1) is 0 Å². The highest BCUT2D eigenvalue weighted by atomic mass is 16.2. The molecule has 1 atom stereocenters. The molecule has 2 aromatic carbocycles. The van der Waals surface area contributed by atoms with E-state index in [4.69, 9.17) is 5.73 Å². The van der Waals surface area contributed by atoms with Crippen molar-refractivity contribution in [2.45, 2.75) is 38.9 Å². The number of amides is 2. The summed E-state index contributed by atoms with van der Waals surface area (Å²) >= 11 is 0. The molecule has 0 radical (unpaired) electrons. The predicted molar refractivity (Wildman–Crippen MR) is 101 cm³/mol. The molecule has 2 amide bonds. The second kappa shape index (κ2) is 8.15. The van der Waals surface area contributed by atoms with E-state index in [1.807, 2.05) is 60.4 Å². The number of nitrogens with one attached hydrogen (secondary N) is 1. The van der Waals surface area contributed by atoms with Crippen molar-refractivity contribution in [3.8, 4) is 0 Å². The summed E-state index contributed by atoms with van der Waals surface area (Å²) in [7, 11) is 0. The molecular formula is C21H25N3O2. The van der Waals surface area contributed by atoms with Crippen molar-refractivity contribution < 1.29 is 9.59 Å². The molecule has 1 aliphatic rings. The van der Waals surface area contributed by atoms with Gasteiger partial charge in [-0.2, -0.15) is 0 Å². The zero-order valence-corrected chi connectivity index (χ0v) is 15.1. The summed E-state index contributed by atoms with van der Waals surface area (Å²) < 4.78 is 0. The topological polar surface area (TPSA) is 75.4 Å². The number of likely N-dealkylation sites (tertiary alicyclic amines) is 1. The summed E-state index contributed by atoms with van der Waals surface area (Å²) in [4.78, 5) is 25.8. The molecule has 1 unspecified atom stereocenters. The zero-order chi connectivity index (χ0) is 18.5. The molecule has 5 nitrogen and oxygen atoms in total. The van der Waals surface area contributed by atoms with Gasteiger partial charge < -0.3 is 16.0 Å². The van der Waals surface area contributed by atoms with Gasteiger partial charge in [-0.05, 0) is 30.0 Å². The van der Waals surface area contributed by atoms with E-state index in [1.165, 1.54) is 0 Å². The highest BCUT2D eigenvalue weighted by Gasteiger charge is 2.20. The lowest BCUT2D eigenvalue weighted by atomic mass is 10.1. The lowest BCUT2D eigenvalue weighted by Gasteiger charge is -2.16. The molecule has 1 saturated heterocycles. The molecule has 0 bridgehead atoms. The van der Waals surface area contributed by atoms with Crippen LogP contribution in [-0.4, -0.2) is 23.3 Å². The van der Waals surface area contributed by atoms with Crippen molar-refractivity contribution in [1.29, 1.82) is 0 Å². The first-order chi connectivity index (χ1) is 12.5. The molecule has 3 N–H and O–H groups in total. The van der Waals surface area contributed by atoms with Gasteiger partial charge >= 0.3 is 0 Å². The van der Waals surface area contributed by atoms with Crippen molar-refractivity contribution in [1.82, 2.24) is 10.2 Å². The SMILES string of the molecule is Cc1ccc(C(N)C(=O)NCc2ccc(CN3CCCC3=O)cc2)cc1. The number of rotatable bonds is 6. The van der Waals surface area contributed by atoms with E-state index in [2.05, 4.69) is 5.32 Å². The summed E-state index contributed by atoms with van der Waals surface area (Å²) in [6.07, 6.45) is 1.61. The Balaban J connectivity index is 1.51. The van der Waals surface area contributed by atoms with Crippen LogP contribution in [-0.2, 0) is 22.7 Å². The number of benzene rings is 2. The Morgan fingerprint density at radius 2 is 1.77 bits per heavy atom. The van der Waals surface area contributed by atoms with Crippen LogP contribution in [0, 0.1) is 6.92 Å². The second-order valence-electron chi connectivity index (χ2n) is 6.84. The van der Waals surface area contributed by atoms with E-state index >= 15 is 0 Å². The van der Waals surface area contributed by atoms with E-state index in [0.29, 0.717) is 19.5 Å². The highest BCUT2D eigenvalue weighted by Crippen LogP contribution is 2.15. The molecule has 3 rings (SSSR count). The van der Waals surface area contributed by atoms with Gasteiger partial charge in [-0.1, -0.05) is 54.1 Å². The number of carbonyl (C=O) groups excluding carboxylic acids is 2. The smallest absolute Gasteiger partial charge is 0.241 e. The third-order valence-corrected chi connectivity index (χ3v) is 4.75. The molecule has 5 heteroatoms. The third kappa shape index (κ3) is 4.49. The summed E-state index contributed by atoms with van der Waals surface area (Å²) in [5.74, 6) is 0.0343. The number of hydrogen-bond donors (Lipinski definition) is 2. The number of nitrogens with zero attached hydrogens (tertiary/aromatic N) is 1. The lowest BCUT2D eigenvalue weighted by Crippen LogP contribution is -2.33. The average Bonchev–Trinajstić information content (AvgIpc) is 3.05. The van der Waals surface area contributed by atoms with Gasteiger partial charge in [-0.3, -0.25) is 9.59 Å². The van der Waals surface area contributed by atoms with Crippen LogP contribution in [0.5, 0.6) is 0 Å². The number of nitrogens with two attached hydrogens (primary N) is 1. The van der Waals surface area contributed by atoms with Gasteiger partial charge in [-0.15, -0.1) is 0 Å². The van der Waals surface area contributed by atoms with Crippen LogP contribution >= 0.6 is 0 Å². The second-order valence-corrected chi connectivity index (χ2v) is 6.84.